The van der Waals surface area contributed by atoms with E-state index in [4.69, 9.17) is 9.47 Å². The summed E-state index contributed by atoms with van der Waals surface area (Å²) >= 11 is 0. The molecule has 0 atom stereocenters. The smallest absolute Gasteiger partial charge is 0.434 e. The molecule has 0 aliphatic carbocycles. The zero-order valence-electron chi connectivity index (χ0n) is 32.6. The SMILES string of the molecule is CCCCC/C=C\C/C=C\CCCCCCCCC(CCCCCCCC/C=C\C/C=C\CCCCC)COC(=O)OCCCN(C)C. The third-order valence-electron chi connectivity index (χ3n) is 9.03. The minimum absolute atomic E-state index is 0.430. The van der Waals surface area contributed by atoms with Gasteiger partial charge in [-0.1, -0.05) is 152 Å². The summed E-state index contributed by atoms with van der Waals surface area (Å²) in [5.41, 5.74) is 0. The summed E-state index contributed by atoms with van der Waals surface area (Å²) in [6.07, 6.45) is 52.0. The third-order valence-corrected chi connectivity index (χ3v) is 9.03. The zero-order chi connectivity index (χ0) is 35.0. The molecule has 0 aromatic rings. The quantitative estimate of drug-likeness (QED) is 0.0377. The molecule has 0 saturated heterocycles. The lowest BCUT2D eigenvalue weighted by Gasteiger charge is -2.17. The van der Waals surface area contributed by atoms with Crippen molar-refractivity contribution in [3.05, 3.63) is 48.6 Å². The maximum absolute atomic E-state index is 12.2. The molecular weight excluding hydrogens is 590 g/mol. The number of nitrogens with zero attached hydrogens (tertiary/aromatic N) is 1. The van der Waals surface area contributed by atoms with E-state index in [0.717, 1.165) is 38.6 Å². The van der Waals surface area contributed by atoms with E-state index in [0.29, 0.717) is 19.1 Å². The second kappa shape index (κ2) is 39.6. The lowest BCUT2D eigenvalue weighted by atomic mass is 9.94. The number of carbonyl (C=O) groups excluding carboxylic acids is 1. The summed E-state index contributed by atoms with van der Waals surface area (Å²) in [7, 11) is 4.07. The Balaban J connectivity index is 4.09. The Hall–Kier alpha value is -1.81. The van der Waals surface area contributed by atoms with Gasteiger partial charge in [0.05, 0.1) is 13.2 Å². The highest BCUT2D eigenvalue weighted by Gasteiger charge is 2.13. The van der Waals surface area contributed by atoms with E-state index in [2.05, 4.69) is 67.4 Å². The molecule has 0 aromatic carbocycles. The van der Waals surface area contributed by atoms with Gasteiger partial charge < -0.3 is 14.4 Å². The Bertz CT molecular complexity index is 721. The predicted octanol–water partition coefficient (Wildman–Crippen LogP) is 14.1. The molecule has 280 valence electrons. The fourth-order valence-electron chi connectivity index (χ4n) is 5.92. The molecule has 0 spiro atoms. The highest BCUT2D eigenvalue weighted by molar-refractivity contribution is 5.59. The first kappa shape index (κ1) is 46.2. The Labute approximate surface area is 300 Å². The van der Waals surface area contributed by atoms with Gasteiger partial charge in [-0.25, -0.2) is 4.79 Å². The van der Waals surface area contributed by atoms with Crippen LogP contribution >= 0.6 is 0 Å². The molecule has 0 aliphatic heterocycles. The van der Waals surface area contributed by atoms with Crippen LogP contribution in [0.1, 0.15) is 187 Å². The Morgan fingerprint density at radius 1 is 0.500 bits per heavy atom. The number of rotatable bonds is 36. The van der Waals surface area contributed by atoms with Crippen molar-refractivity contribution in [1.29, 1.82) is 0 Å². The summed E-state index contributed by atoms with van der Waals surface area (Å²) in [5, 5.41) is 0. The fourth-order valence-corrected chi connectivity index (χ4v) is 5.92. The van der Waals surface area contributed by atoms with Crippen LogP contribution in [-0.2, 0) is 9.47 Å². The molecule has 0 saturated carbocycles. The molecule has 4 nitrogen and oxygen atoms in total. The van der Waals surface area contributed by atoms with Gasteiger partial charge >= 0.3 is 6.16 Å². The van der Waals surface area contributed by atoms with Gasteiger partial charge in [-0.2, -0.15) is 0 Å². The molecule has 0 radical (unpaired) electrons. The van der Waals surface area contributed by atoms with Gasteiger partial charge in [-0.05, 0) is 103 Å². The molecular formula is C44H81NO3. The standard InChI is InChI=1S/C44H81NO3/c1-5-7-9-11-13-15-17-19-21-23-25-27-29-31-33-35-38-43(42-48-44(46)47-41-37-40-45(3)4)39-36-34-32-30-28-26-24-22-20-18-16-14-12-10-8-6-2/h13-16,19-22,43H,5-12,17-18,23-42H2,1-4H3/b15-13-,16-14-,21-19-,22-20-. The second-order valence-electron chi connectivity index (χ2n) is 14.2. The van der Waals surface area contributed by atoms with Crippen molar-refractivity contribution in [2.75, 3.05) is 33.9 Å². The lowest BCUT2D eigenvalue weighted by molar-refractivity contribution is 0.0400. The van der Waals surface area contributed by atoms with Gasteiger partial charge in [-0.3, -0.25) is 0 Å². The average molecular weight is 672 g/mol. The van der Waals surface area contributed by atoms with Crippen molar-refractivity contribution < 1.29 is 14.3 Å². The van der Waals surface area contributed by atoms with E-state index in [9.17, 15) is 4.79 Å². The summed E-state index contributed by atoms with van der Waals surface area (Å²) in [6.45, 7) is 6.37. The third kappa shape index (κ3) is 38.6. The predicted molar refractivity (Wildman–Crippen MR) is 212 cm³/mol. The number of hydrogen-bond donors (Lipinski definition) is 0. The van der Waals surface area contributed by atoms with Crippen molar-refractivity contribution in [1.82, 2.24) is 4.90 Å². The monoisotopic (exact) mass is 672 g/mol. The highest BCUT2D eigenvalue weighted by atomic mass is 16.7. The maximum atomic E-state index is 12.2. The summed E-state index contributed by atoms with van der Waals surface area (Å²) in [6, 6.07) is 0. The lowest BCUT2D eigenvalue weighted by Crippen LogP contribution is -2.18. The number of allylic oxidation sites excluding steroid dienone is 8. The average Bonchev–Trinajstić information content (AvgIpc) is 3.08. The van der Waals surface area contributed by atoms with Crippen LogP contribution in [0.25, 0.3) is 0 Å². The number of hydrogen-bond acceptors (Lipinski definition) is 4. The number of carbonyl (C=O) groups is 1. The minimum Gasteiger partial charge on any atom is -0.434 e. The molecule has 0 aromatic heterocycles. The Morgan fingerprint density at radius 2 is 0.896 bits per heavy atom. The first-order chi connectivity index (χ1) is 23.6. The van der Waals surface area contributed by atoms with Gasteiger partial charge in [0, 0.05) is 6.54 Å². The molecule has 0 unspecified atom stereocenters. The first-order valence-electron chi connectivity index (χ1n) is 20.6. The molecule has 0 fully saturated rings. The van der Waals surface area contributed by atoms with Crippen LogP contribution in [-0.4, -0.2) is 44.9 Å². The van der Waals surface area contributed by atoms with Gasteiger partial charge in [0.15, 0.2) is 0 Å². The van der Waals surface area contributed by atoms with Gasteiger partial charge in [0.2, 0.25) is 0 Å². The van der Waals surface area contributed by atoms with E-state index in [1.165, 1.54) is 141 Å². The normalized spacial score (nSPS) is 12.3. The maximum Gasteiger partial charge on any atom is 0.508 e. The zero-order valence-corrected chi connectivity index (χ0v) is 32.6. The van der Waals surface area contributed by atoms with Crippen molar-refractivity contribution >= 4 is 6.16 Å². The van der Waals surface area contributed by atoms with E-state index >= 15 is 0 Å². The molecule has 0 amide bonds. The van der Waals surface area contributed by atoms with Gasteiger partial charge in [0.25, 0.3) is 0 Å². The molecule has 0 aliphatic rings. The van der Waals surface area contributed by atoms with Gasteiger partial charge in [-0.15, -0.1) is 0 Å². The van der Waals surface area contributed by atoms with Crippen LogP contribution in [0.3, 0.4) is 0 Å². The van der Waals surface area contributed by atoms with E-state index in [-0.39, 0.29) is 0 Å². The first-order valence-corrected chi connectivity index (χ1v) is 20.6. The fraction of sp³-hybridized carbons (Fsp3) is 0.795. The topological polar surface area (TPSA) is 38.8 Å². The van der Waals surface area contributed by atoms with Gasteiger partial charge in [0.1, 0.15) is 0 Å². The highest BCUT2D eigenvalue weighted by Crippen LogP contribution is 2.20. The molecule has 0 rings (SSSR count). The summed E-state index contributed by atoms with van der Waals surface area (Å²) in [4.78, 5) is 14.3. The van der Waals surface area contributed by atoms with Crippen LogP contribution in [0.4, 0.5) is 4.79 Å². The van der Waals surface area contributed by atoms with Crippen LogP contribution in [0.2, 0.25) is 0 Å². The van der Waals surface area contributed by atoms with Crippen LogP contribution in [0.5, 0.6) is 0 Å². The van der Waals surface area contributed by atoms with Crippen LogP contribution < -0.4 is 0 Å². The molecule has 48 heavy (non-hydrogen) atoms. The molecule has 0 heterocycles. The van der Waals surface area contributed by atoms with E-state index in [1.54, 1.807) is 0 Å². The number of unbranched alkanes of at least 4 members (excludes halogenated alkanes) is 18. The largest absolute Gasteiger partial charge is 0.508 e. The Kier molecular flexibility index (Phi) is 38.1. The van der Waals surface area contributed by atoms with E-state index in [1.807, 2.05) is 14.1 Å². The molecule has 4 heteroatoms. The second-order valence-corrected chi connectivity index (χ2v) is 14.2. The van der Waals surface area contributed by atoms with Crippen molar-refractivity contribution in [2.45, 2.75) is 187 Å². The van der Waals surface area contributed by atoms with Crippen molar-refractivity contribution in [3.63, 3.8) is 0 Å². The minimum atomic E-state index is -0.493. The summed E-state index contributed by atoms with van der Waals surface area (Å²) in [5.74, 6) is 0.455. The molecule has 0 bridgehead atoms. The van der Waals surface area contributed by atoms with Crippen molar-refractivity contribution in [3.8, 4) is 0 Å². The van der Waals surface area contributed by atoms with Crippen molar-refractivity contribution in [2.24, 2.45) is 5.92 Å². The van der Waals surface area contributed by atoms with Crippen LogP contribution in [0, 0.1) is 5.92 Å². The van der Waals surface area contributed by atoms with Crippen LogP contribution in [0.15, 0.2) is 48.6 Å². The Morgan fingerprint density at radius 3 is 1.31 bits per heavy atom. The van der Waals surface area contributed by atoms with E-state index < -0.39 is 6.16 Å². The number of ether oxygens (including phenoxy) is 2. The summed E-state index contributed by atoms with van der Waals surface area (Å²) < 4.78 is 10.9. The molecule has 0 N–H and O–H groups in total.